The van der Waals surface area contributed by atoms with Gasteiger partial charge in [-0.25, -0.2) is 28.8 Å². The predicted octanol–water partition coefficient (Wildman–Crippen LogP) is -3.36. The smallest absolute Gasteiger partial charge is 0.336 e. The standard InChI is InChI=1S/C18H23N3O9.C17H21N3O7.C16H18N2O6.C14H16N2O6.C12H12N2O6.C11H10N2O6/c22-13(5-8-20-14(23)1-2-15(20)24)19-7-10-29-12-11-28-9-6-18(27)30-21-16(25)3-4-17(21)26;21-12(9-11-19-13(22)5-6-14(19)23)18-10-3-1-2-4-17(26)27-20-15(24)7-8-16(20)25;19-12-5-6-13(20)17(12)9-10-1-3-11(4-2-10)16(23)24-18-14(21)7-8-15(18)22;17-10-5-6-11(18)15(10)9-3-1-2-4-14(21)22-16-12(19)7-8-13(16)20;15-8-3-4-9(16)13(8)7-1-2-12(19)20-14-10(17)5-6-11(14)18;14-7-1-2-8(15)12(7)6-5-11(18)19-13-9(16)3-4-10(13)17/h1-2H,3-12H2,(H,19,22);5-6H,1-4,7-11H2,(H,18,21);5-6,10-11H,1-4,7-9H2;5-6H,1-4,7-9H2;3-4H,1-2,5-7H2;1-2H,3-6H2. The molecule has 7 fully saturated rings. The number of unbranched alkanes of at least 4 members (excludes halogenated alkanes) is 4. The lowest BCUT2D eigenvalue weighted by Gasteiger charge is -2.29. The monoisotopic (exact) mass is 1990 g/mol. The molecule has 26 amide bonds. The third kappa shape index (κ3) is 34.7. The van der Waals surface area contributed by atoms with Gasteiger partial charge in [0.2, 0.25) is 11.8 Å². The first-order valence-corrected chi connectivity index (χ1v) is 45.0. The lowest BCUT2D eigenvalue weighted by molar-refractivity contribution is -0.201. The molecule has 54 heteroatoms. The number of carbonyl (C=O) groups is 32. The van der Waals surface area contributed by atoms with Crippen LogP contribution in [0.3, 0.4) is 0 Å². The first-order chi connectivity index (χ1) is 67.7. The zero-order chi connectivity index (χ0) is 104. The maximum atomic E-state index is 12.1. The van der Waals surface area contributed by atoms with Gasteiger partial charge in [0.1, 0.15) is 0 Å². The summed E-state index contributed by atoms with van der Waals surface area (Å²) in [6, 6.07) is 0. The van der Waals surface area contributed by atoms with E-state index in [1.807, 2.05) is 0 Å². The van der Waals surface area contributed by atoms with E-state index in [1.54, 1.807) is 0 Å². The Kier molecular flexibility index (Phi) is 43.4. The maximum absolute atomic E-state index is 12.1. The van der Waals surface area contributed by atoms with E-state index in [0.29, 0.717) is 114 Å². The van der Waals surface area contributed by atoms with E-state index in [1.165, 1.54) is 41.4 Å². The van der Waals surface area contributed by atoms with E-state index in [-0.39, 0.29) is 235 Å². The molecule has 13 rings (SSSR count). The van der Waals surface area contributed by atoms with Gasteiger partial charge in [-0.2, -0.15) is 0 Å². The summed E-state index contributed by atoms with van der Waals surface area (Å²) in [5.74, 6) is -16.1. The Morgan fingerprint density at radius 1 is 0.232 bits per heavy atom. The van der Waals surface area contributed by atoms with Gasteiger partial charge in [0.25, 0.3) is 142 Å². The molecule has 0 radical (unpaired) electrons. The molecular formula is C88H100N14O40. The Bertz CT molecular complexity index is 5060. The van der Waals surface area contributed by atoms with Crippen molar-refractivity contribution in [2.24, 2.45) is 11.8 Å². The van der Waals surface area contributed by atoms with E-state index in [4.69, 9.17) is 24.0 Å². The molecule has 0 spiro atoms. The van der Waals surface area contributed by atoms with Crippen molar-refractivity contribution in [3.8, 4) is 0 Å². The Hall–Kier alpha value is -16.2. The van der Waals surface area contributed by atoms with Crippen LogP contribution >= 0.6 is 0 Å². The van der Waals surface area contributed by atoms with E-state index in [2.05, 4.69) is 25.1 Å². The van der Waals surface area contributed by atoms with Crippen molar-refractivity contribution in [2.75, 3.05) is 78.8 Å². The van der Waals surface area contributed by atoms with Crippen LogP contribution in [0.5, 0.6) is 0 Å². The third-order valence-electron chi connectivity index (χ3n) is 21.7. The van der Waals surface area contributed by atoms with Crippen molar-refractivity contribution in [1.29, 1.82) is 0 Å². The molecular weight excluding hydrogens is 1890 g/mol. The van der Waals surface area contributed by atoms with Gasteiger partial charge in [0.05, 0.1) is 45.2 Å². The van der Waals surface area contributed by atoms with Crippen LogP contribution in [0.15, 0.2) is 72.9 Å². The topological polar surface area (TPSA) is 683 Å². The first kappa shape index (κ1) is 111. The number of rotatable bonds is 43. The van der Waals surface area contributed by atoms with Gasteiger partial charge in [-0.3, -0.25) is 154 Å². The lowest BCUT2D eigenvalue weighted by atomic mass is 9.82. The van der Waals surface area contributed by atoms with E-state index in [9.17, 15) is 153 Å². The molecule has 0 aromatic carbocycles. The largest absolute Gasteiger partial charge is 0.378 e. The molecule has 0 aromatic rings. The summed E-state index contributed by atoms with van der Waals surface area (Å²) >= 11 is 0. The molecule has 762 valence electrons. The number of hydroxylamine groups is 12. The van der Waals surface area contributed by atoms with Crippen LogP contribution in [0, 0.1) is 11.8 Å². The van der Waals surface area contributed by atoms with Crippen molar-refractivity contribution in [2.45, 2.75) is 193 Å². The van der Waals surface area contributed by atoms with Crippen LogP contribution in [0.1, 0.15) is 193 Å². The summed E-state index contributed by atoms with van der Waals surface area (Å²) < 4.78 is 10.4. The van der Waals surface area contributed by atoms with Crippen LogP contribution in [0.4, 0.5) is 0 Å². The molecule has 1 saturated carbocycles. The van der Waals surface area contributed by atoms with E-state index in [0.717, 1.165) is 61.0 Å². The van der Waals surface area contributed by atoms with Crippen LogP contribution in [-0.2, 0) is 192 Å². The maximum Gasteiger partial charge on any atom is 0.336 e. The summed E-state index contributed by atoms with van der Waals surface area (Å²) in [5.41, 5.74) is 0. The Labute approximate surface area is 804 Å². The molecule has 1 aliphatic carbocycles. The molecule has 0 bridgehead atoms. The Morgan fingerprint density at radius 3 is 0.803 bits per heavy atom. The number of carbonyl (C=O) groups excluding carboxylic acids is 32. The number of hydrogen-bond donors (Lipinski definition) is 2. The zero-order valence-electron chi connectivity index (χ0n) is 76.5. The van der Waals surface area contributed by atoms with Gasteiger partial charge in [0, 0.05) is 234 Å². The van der Waals surface area contributed by atoms with Gasteiger partial charge >= 0.3 is 35.8 Å². The number of nitrogens with zero attached hydrogens (tertiary/aromatic N) is 12. The minimum Gasteiger partial charge on any atom is -0.378 e. The highest BCUT2D eigenvalue weighted by atomic mass is 16.8. The zero-order valence-corrected chi connectivity index (χ0v) is 76.5. The molecule has 142 heavy (non-hydrogen) atoms. The molecule has 54 nitrogen and oxygen atoms in total. The SMILES string of the molecule is O=C(CCCCCN1C(=O)C=CC1=O)ON1C(=O)CCC1=O.O=C(CCCN1C(=O)C=CC1=O)ON1C(=O)CCC1=O.O=C(CCN1C(=O)C=CC1=O)NCCCCCC(=O)ON1C(=O)CCC1=O.O=C(CCN1C(=O)C=CC1=O)NCCOCCOCCC(=O)ON1C(=O)CCC1=O.O=C(CCN1C(=O)C=CC1=O)ON1C(=O)CCC1=O.O=C(ON1C(=O)CCC1=O)C1CCC(CN2C(=O)C=CC2=O)CC1. The second-order valence-corrected chi connectivity index (χ2v) is 32.0. The average molecular weight is 1990 g/mol. The fourth-order valence-corrected chi connectivity index (χ4v) is 14.0. The highest BCUT2D eigenvalue weighted by Gasteiger charge is 2.42. The van der Waals surface area contributed by atoms with E-state index >= 15 is 0 Å². The van der Waals surface area contributed by atoms with Crippen LogP contribution in [0.2, 0.25) is 0 Å². The lowest BCUT2D eigenvalue weighted by Crippen LogP contribution is -2.38. The van der Waals surface area contributed by atoms with Crippen LogP contribution in [0.25, 0.3) is 0 Å². The number of ether oxygens (including phenoxy) is 2. The average Bonchev–Trinajstić information content (AvgIpc) is 1.72. The molecule has 12 heterocycles. The van der Waals surface area contributed by atoms with Crippen molar-refractivity contribution in [3.05, 3.63) is 72.9 Å². The predicted molar refractivity (Wildman–Crippen MR) is 456 cm³/mol. The third-order valence-corrected chi connectivity index (χ3v) is 21.7. The number of imide groups is 12. The molecule has 13 aliphatic rings. The quantitative estimate of drug-likeness (QED) is 0.0445. The van der Waals surface area contributed by atoms with Crippen molar-refractivity contribution < 1.29 is 192 Å². The molecule has 0 unspecified atom stereocenters. The molecule has 2 N–H and O–H groups in total. The molecule has 0 aromatic heterocycles. The fraction of sp³-hybridized carbons (Fsp3) is 0.500. The van der Waals surface area contributed by atoms with Gasteiger partial charge in [0.15, 0.2) is 0 Å². The first-order valence-electron chi connectivity index (χ1n) is 45.0. The van der Waals surface area contributed by atoms with Crippen molar-refractivity contribution >= 4 is 189 Å². The van der Waals surface area contributed by atoms with Gasteiger partial charge in [-0.05, 0) is 63.7 Å². The Balaban J connectivity index is 0.000000210. The van der Waals surface area contributed by atoms with Gasteiger partial charge in [-0.1, -0.05) is 12.8 Å². The summed E-state index contributed by atoms with van der Waals surface area (Å²) in [6.45, 7) is 2.02. The van der Waals surface area contributed by atoms with E-state index < -0.39 is 154 Å². The van der Waals surface area contributed by atoms with Crippen LogP contribution in [-0.4, -0.2) is 328 Å². The Morgan fingerprint density at radius 2 is 0.479 bits per heavy atom. The summed E-state index contributed by atoms with van der Waals surface area (Å²) in [4.78, 5) is 399. The molecule has 12 aliphatic heterocycles. The van der Waals surface area contributed by atoms with Crippen molar-refractivity contribution in [1.82, 2.24) is 70.4 Å². The highest BCUT2D eigenvalue weighted by Crippen LogP contribution is 2.32. The molecule has 6 saturated heterocycles. The summed E-state index contributed by atoms with van der Waals surface area (Å²) in [7, 11) is 0. The van der Waals surface area contributed by atoms with Crippen LogP contribution < -0.4 is 10.6 Å². The van der Waals surface area contributed by atoms with Gasteiger partial charge < -0.3 is 49.1 Å². The molecule has 0 atom stereocenters. The van der Waals surface area contributed by atoms with Gasteiger partial charge in [-0.15, -0.1) is 30.4 Å². The normalized spacial score (nSPS) is 19.0. The number of nitrogens with one attached hydrogen (secondary N) is 2. The minimum absolute atomic E-state index is 0.00694. The summed E-state index contributed by atoms with van der Waals surface area (Å²) in [6.07, 6.45) is 20.5. The highest BCUT2D eigenvalue weighted by molar-refractivity contribution is 6.17. The second kappa shape index (κ2) is 55.4. The summed E-state index contributed by atoms with van der Waals surface area (Å²) in [5, 5.41) is 8.26. The number of amides is 26. The fourth-order valence-electron chi connectivity index (χ4n) is 14.0. The second-order valence-electron chi connectivity index (χ2n) is 32.0. The van der Waals surface area contributed by atoms with Crippen molar-refractivity contribution in [3.63, 3.8) is 0 Å². The number of hydrogen-bond acceptors (Lipinski definition) is 40. The minimum atomic E-state index is -0.851.